The number of hydrogen-bond acceptors (Lipinski definition) is 4. The molecule has 2 heterocycles. The summed E-state index contributed by atoms with van der Waals surface area (Å²) in [4.78, 5) is 2.60. The van der Waals surface area contributed by atoms with Gasteiger partial charge in [-0.3, -0.25) is 4.90 Å². The van der Waals surface area contributed by atoms with Crippen LogP contribution in [-0.2, 0) is 23.0 Å². The number of rotatable bonds is 4. The van der Waals surface area contributed by atoms with E-state index in [1.54, 1.807) is 12.1 Å². The summed E-state index contributed by atoms with van der Waals surface area (Å²) in [7, 11) is -2.01. The van der Waals surface area contributed by atoms with Crippen LogP contribution in [0.4, 0.5) is 0 Å². The van der Waals surface area contributed by atoms with Crippen molar-refractivity contribution in [1.82, 2.24) is 9.21 Å². The maximum atomic E-state index is 12.8. The molecule has 0 saturated carbocycles. The van der Waals surface area contributed by atoms with Gasteiger partial charge in [-0.1, -0.05) is 35.9 Å². The van der Waals surface area contributed by atoms with Gasteiger partial charge in [0.15, 0.2) is 0 Å². The van der Waals surface area contributed by atoms with Crippen LogP contribution in [0.15, 0.2) is 47.4 Å². The van der Waals surface area contributed by atoms with Gasteiger partial charge < -0.3 is 4.74 Å². The summed E-state index contributed by atoms with van der Waals surface area (Å²) >= 11 is 6.08. The van der Waals surface area contributed by atoms with E-state index in [4.69, 9.17) is 16.3 Å². The van der Waals surface area contributed by atoms with E-state index in [1.807, 2.05) is 0 Å². The van der Waals surface area contributed by atoms with Gasteiger partial charge in [-0.05, 0) is 35.7 Å². The molecule has 4 rings (SSSR count). The first kappa shape index (κ1) is 17.8. The highest BCUT2D eigenvalue weighted by molar-refractivity contribution is 7.89. The van der Waals surface area contributed by atoms with Crippen LogP contribution < -0.4 is 4.74 Å². The number of ether oxygens (including phenoxy) is 1. The maximum Gasteiger partial charge on any atom is 0.243 e. The average molecular weight is 393 g/mol. The lowest BCUT2D eigenvalue weighted by Gasteiger charge is -2.46. The van der Waals surface area contributed by atoms with Crippen molar-refractivity contribution < 1.29 is 13.2 Å². The molecule has 0 spiro atoms. The molecule has 0 bridgehead atoms. The Hall–Kier alpha value is -1.60. The zero-order chi connectivity index (χ0) is 18.3. The van der Waals surface area contributed by atoms with Crippen LogP contribution in [0.2, 0.25) is 5.02 Å². The topological polar surface area (TPSA) is 49.9 Å². The standard InChI is InChI=1S/C19H21ClN2O3S/c1-25-19-7-6-17(10-18(19)20)26(23,24)22-12-16(13-22)21-9-8-14-4-2-3-5-15(14)11-21/h2-7,10,16H,8-9,11-13H2,1H3. The molecule has 2 aliphatic heterocycles. The fourth-order valence-corrected chi connectivity index (χ4v) is 5.49. The second-order valence-electron chi connectivity index (χ2n) is 6.76. The molecule has 0 aliphatic carbocycles. The Kier molecular flexibility index (Phi) is 4.69. The highest BCUT2D eigenvalue weighted by Gasteiger charge is 2.40. The Morgan fingerprint density at radius 2 is 1.85 bits per heavy atom. The molecule has 0 unspecified atom stereocenters. The first-order valence-electron chi connectivity index (χ1n) is 8.63. The lowest BCUT2D eigenvalue weighted by molar-refractivity contribution is 0.0769. The minimum absolute atomic E-state index is 0.214. The number of methoxy groups -OCH3 is 1. The zero-order valence-electron chi connectivity index (χ0n) is 14.6. The molecule has 1 fully saturated rings. The van der Waals surface area contributed by atoms with Crippen LogP contribution in [0, 0.1) is 0 Å². The van der Waals surface area contributed by atoms with Crippen molar-refractivity contribution in [2.45, 2.75) is 23.9 Å². The van der Waals surface area contributed by atoms with E-state index >= 15 is 0 Å². The molecule has 0 N–H and O–H groups in total. The number of hydrogen-bond donors (Lipinski definition) is 0. The molecule has 0 atom stereocenters. The van der Waals surface area contributed by atoms with Gasteiger partial charge >= 0.3 is 0 Å². The molecule has 1 saturated heterocycles. The fraction of sp³-hybridized carbons (Fsp3) is 0.368. The summed E-state index contributed by atoms with van der Waals surface area (Å²) in [6.45, 7) is 2.91. The monoisotopic (exact) mass is 392 g/mol. The minimum atomic E-state index is -3.52. The smallest absolute Gasteiger partial charge is 0.243 e. The van der Waals surface area contributed by atoms with Gasteiger partial charge in [0, 0.05) is 32.2 Å². The summed E-state index contributed by atoms with van der Waals surface area (Å²) in [5.74, 6) is 0.471. The maximum absolute atomic E-state index is 12.8. The molecule has 0 aromatic heterocycles. The summed E-state index contributed by atoms with van der Waals surface area (Å²) in [6, 6.07) is 13.3. The van der Waals surface area contributed by atoms with Crippen molar-refractivity contribution >= 4 is 21.6 Å². The first-order chi connectivity index (χ1) is 12.5. The molecule has 2 aromatic carbocycles. The van der Waals surface area contributed by atoms with Crippen molar-refractivity contribution in [3.63, 3.8) is 0 Å². The predicted molar refractivity (Wildman–Crippen MR) is 101 cm³/mol. The van der Waals surface area contributed by atoms with Crippen LogP contribution in [0.5, 0.6) is 5.75 Å². The number of fused-ring (bicyclic) bond motifs is 1. The molecule has 2 aromatic rings. The van der Waals surface area contributed by atoms with Gasteiger partial charge in [0.25, 0.3) is 0 Å². The lowest BCUT2D eigenvalue weighted by atomic mass is 9.97. The third kappa shape index (κ3) is 3.11. The second kappa shape index (κ2) is 6.85. The normalized spacial score (nSPS) is 19.0. The van der Waals surface area contributed by atoms with Gasteiger partial charge in [-0.2, -0.15) is 4.31 Å². The summed E-state index contributed by atoms with van der Waals surface area (Å²) in [5, 5.41) is 0.304. The molecule has 0 radical (unpaired) electrons. The van der Waals surface area contributed by atoms with Crippen LogP contribution in [-0.4, -0.2) is 50.4 Å². The molecule has 26 heavy (non-hydrogen) atoms. The molecule has 2 aliphatic rings. The molecule has 7 heteroatoms. The third-order valence-electron chi connectivity index (χ3n) is 5.27. The number of nitrogens with zero attached hydrogens (tertiary/aromatic N) is 2. The van der Waals surface area contributed by atoms with E-state index in [0.29, 0.717) is 23.9 Å². The van der Waals surface area contributed by atoms with Gasteiger partial charge in [0.1, 0.15) is 5.75 Å². The van der Waals surface area contributed by atoms with Gasteiger partial charge in [0.2, 0.25) is 10.0 Å². The van der Waals surface area contributed by atoms with Gasteiger partial charge in [0.05, 0.1) is 17.0 Å². The molecular weight excluding hydrogens is 372 g/mol. The molecule has 5 nitrogen and oxygen atoms in total. The molecule has 0 amide bonds. The van der Waals surface area contributed by atoms with Crippen LogP contribution in [0.1, 0.15) is 11.1 Å². The number of sulfonamides is 1. The summed E-state index contributed by atoms with van der Waals surface area (Å²) in [6.07, 6.45) is 1.02. The average Bonchev–Trinajstić information content (AvgIpc) is 2.60. The van der Waals surface area contributed by atoms with Gasteiger partial charge in [-0.25, -0.2) is 8.42 Å². The van der Waals surface area contributed by atoms with Crippen molar-refractivity contribution in [2.75, 3.05) is 26.7 Å². The van der Waals surface area contributed by atoms with Crippen LogP contribution >= 0.6 is 11.6 Å². The largest absolute Gasteiger partial charge is 0.495 e. The van der Waals surface area contributed by atoms with Crippen LogP contribution in [0.25, 0.3) is 0 Å². The van der Waals surface area contributed by atoms with E-state index in [1.165, 1.54) is 28.6 Å². The Labute approximate surface area is 159 Å². The van der Waals surface area contributed by atoms with E-state index < -0.39 is 10.0 Å². The predicted octanol–water partition coefficient (Wildman–Crippen LogP) is 2.78. The van der Waals surface area contributed by atoms with Crippen molar-refractivity contribution in [3.8, 4) is 5.75 Å². The molecular formula is C19H21ClN2O3S. The molecule has 138 valence electrons. The van der Waals surface area contributed by atoms with Crippen molar-refractivity contribution in [2.24, 2.45) is 0 Å². The van der Waals surface area contributed by atoms with Crippen LogP contribution in [0.3, 0.4) is 0 Å². The SMILES string of the molecule is COc1ccc(S(=O)(=O)N2CC(N3CCc4ccccc4C3)C2)cc1Cl. The van der Waals surface area contributed by atoms with Crippen molar-refractivity contribution in [1.29, 1.82) is 0 Å². The summed E-state index contributed by atoms with van der Waals surface area (Å²) < 4.78 is 32.2. The Morgan fingerprint density at radius 3 is 2.54 bits per heavy atom. The minimum Gasteiger partial charge on any atom is -0.495 e. The fourth-order valence-electron chi connectivity index (χ4n) is 3.63. The highest BCUT2D eigenvalue weighted by Crippen LogP contribution is 2.31. The van der Waals surface area contributed by atoms with E-state index in [9.17, 15) is 8.42 Å². The Bertz CT molecular complexity index is 926. The number of halogens is 1. The van der Waals surface area contributed by atoms with E-state index in [0.717, 1.165) is 19.5 Å². The second-order valence-corrected chi connectivity index (χ2v) is 9.11. The Morgan fingerprint density at radius 1 is 1.12 bits per heavy atom. The Balaban J connectivity index is 1.44. The van der Waals surface area contributed by atoms with E-state index in [-0.39, 0.29) is 10.9 Å². The quantitative estimate of drug-likeness (QED) is 0.802. The lowest BCUT2D eigenvalue weighted by Crippen LogP contribution is -2.61. The third-order valence-corrected chi connectivity index (χ3v) is 7.39. The van der Waals surface area contributed by atoms with E-state index in [2.05, 4.69) is 29.2 Å². The zero-order valence-corrected chi connectivity index (χ0v) is 16.1. The highest BCUT2D eigenvalue weighted by atomic mass is 35.5. The number of benzene rings is 2. The first-order valence-corrected chi connectivity index (χ1v) is 10.5. The van der Waals surface area contributed by atoms with Gasteiger partial charge in [-0.15, -0.1) is 0 Å². The van der Waals surface area contributed by atoms with Crippen molar-refractivity contribution in [3.05, 3.63) is 58.6 Å². The summed E-state index contributed by atoms with van der Waals surface area (Å²) in [5.41, 5.74) is 2.75.